The van der Waals surface area contributed by atoms with Gasteiger partial charge in [0.15, 0.2) is 0 Å². The van der Waals surface area contributed by atoms with Gasteiger partial charge in [-0.25, -0.2) is 9.59 Å². The Balaban J connectivity index is 0.000000526. The van der Waals surface area contributed by atoms with Crippen molar-refractivity contribution < 1.29 is 30.0 Å². The highest BCUT2D eigenvalue weighted by atomic mass is 16.4. The van der Waals surface area contributed by atoms with Gasteiger partial charge in [-0.1, -0.05) is 84.6 Å². The molecule has 6 nitrogen and oxygen atoms in total. The number of aryl methyl sites for hydroxylation is 2. The second-order valence-corrected chi connectivity index (χ2v) is 9.29. The molecule has 0 aromatic heterocycles. The highest BCUT2D eigenvalue weighted by molar-refractivity contribution is 5.87. The minimum atomic E-state index is -0.863. The van der Waals surface area contributed by atoms with Crippen molar-refractivity contribution in [2.45, 2.75) is 105 Å². The Labute approximate surface area is 223 Å². The van der Waals surface area contributed by atoms with Crippen molar-refractivity contribution in [1.29, 1.82) is 0 Å². The summed E-state index contributed by atoms with van der Waals surface area (Å²) in [4.78, 5) is 20.9. The maximum absolute atomic E-state index is 10.5. The first kappa shape index (κ1) is 34.3. The van der Waals surface area contributed by atoms with Crippen molar-refractivity contribution in [2.75, 3.05) is 0 Å². The predicted octanol–water partition coefficient (Wildman–Crippen LogP) is 7.01. The molecular weight excluding hydrogens is 468 g/mol. The second kappa shape index (κ2) is 20.4. The Morgan fingerprint density at radius 2 is 0.919 bits per heavy atom. The monoisotopic (exact) mass is 516 g/mol. The maximum Gasteiger partial charge on any atom is 0.335 e. The van der Waals surface area contributed by atoms with E-state index < -0.39 is 11.9 Å². The fourth-order valence-electron chi connectivity index (χ4n) is 4.03. The van der Waals surface area contributed by atoms with Gasteiger partial charge in [-0.15, -0.1) is 0 Å². The summed E-state index contributed by atoms with van der Waals surface area (Å²) in [6.45, 7) is 10.4. The average molecular weight is 517 g/mol. The summed E-state index contributed by atoms with van der Waals surface area (Å²) in [5.74, 6) is -1.66. The van der Waals surface area contributed by atoms with Gasteiger partial charge in [-0.05, 0) is 67.5 Å². The number of aromatic carboxylic acids is 2. The molecule has 37 heavy (non-hydrogen) atoms. The zero-order valence-corrected chi connectivity index (χ0v) is 23.3. The molecule has 2 rings (SSSR count). The highest BCUT2D eigenvalue weighted by Gasteiger charge is 2.23. The number of aliphatic hydroxyl groups is 2. The number of aliphatic hydroxyl groups excluding tert-OH is 2. The van der Waals surface area contributed by atoms with Crippen LogP contribution in [0.15, 0.2) is 48.5 Å². The smallest absolute Gasteiger partial charge is 0.335 e. The summed E-state index contributed by atoms with van der Waals surface area (Å²) < 4.78 is 0. The van der Waals surface area contributed by atoms with Crippen molar-refractivity contribution in [3.63, 3.8) is 0 Å². The van der Waals surface area contributed by atoms with Crippen LogP contribution in [-0.4, -0.2) is 44.6 Å². The van der Waals surface area contributed by atoms with Crippen LogP contribution in [-0.2, 0) is 12.8 Å². The lowest BCUT2D eigenvalue weighted by atomic mass is 9.88. The molecule has 2 atom stereocenters. The van der Waals surface area contributed by atoms with E-state index in [2.05, 4.69) is 27.7 Å². The summed E-state index contributed by atoms with van der Waals surface area (Å²) in [6, 6.07) is 14.1. The van der Waals surface area contributed by atoms with E-state index >= 15 is 0 Å². The van der Waals surface area contributed by atoms with E-state index in [0.29, 0.717) is 11.1 Å². The molecule has 0 heterocycles. The van der Waals surface area contributed by atoms with Crippen LogP contribution in [0.1, 0.15) is 111 Å². The summed E-state index contributed by atoms with van der Waals surface area (Å²) >= 11 is 0. The zero-order chi connectivity index (χ0) is 28.2. The van der Waals surface area contributed by atoms with Crippen molar-refractivity contribution in [1.82, 2.24) is 0 Å². The van der Waals surface area contributed by atoms with Gasteiger partial charge in [-0.2, -0.15) is 0 Å². The van der Waals surface area contributed by atoms with Gasteiger partial charge in [0.1, 0.15) is 0 Å². The molecule has 4 N–H and O–H groups in total. The third-order valence-corrected chi connectivity index (χ3v) is 6.11. The largest absolute Gasteiger partial charge is 0.478 e. The van der Waals surface area contributed by atoms with Crippen molar-refractivity contribution >= 4 is 11.9 Å². The van der Waals surface area contributed by atoms with Crippen LogP contribution < -0.4 is 0 Å². The summed E-state index contributed by atoms with van der Waals surface area (Å²) in [6.07, 6.45) is 8.00. The third-order valence-electron chi connectivity index (χ3n) is 6.11. The average Bonchev–Trinajstić information content (AvgIpc) is 2.87. The minimum absolute atomic E-state index is 0.0694. The molecule has 0 saturated carbocycles. The van der Waals surface area contributed by atoms with E-state index in [1.165, 1.54) is 11.1 Å². The molecule has 0 saturated heterocycles. The molecule has 2 unspecified atom stereocenters. The molecule has 6 heteroatoms. The first-order valence-electron chi connectivity index (χ1n) is 13.6. The SMILES string of the molecule is CCCC(O)C(CC)C(O)CCC.CCCc1ccc(C(=O)O)cc1.CCCc1ccc(C(=O)O)cc1. The summed E-state index contributed by atoms with van der Waals surface area (Å²) in [5, 5.41) is 36.7. The Bertz CT molecular complexity index is 789. The Hall–Kier alpha value is -2.70. The molecule has 0 amide bonds. The van der Waals surface area contributed by atoms with Gasteiger partial charge in [0, 0.05) is 5.92 Å². The van der Waals surface area contributed by atoms with Crippen LogP contribution in [0.4, 0.5) is 0 Å². The number of rotatable bonds is 13. The van der Waals surface area contributed by atoms with Crippen molar-refractivity contribution in [3.05, 3.63) is 70.8 Å². The fraction of sp³-hybridized carbons (Fsp3) is 0.548. The molecule has 0 aliphatic rings. The standard InChI is InChI=1S/C11H24O2.2C10H12O2/c1-4-7-10(12)9(6-3)11(13)8-5-2;2*1-2-3-8-4-6-9(7-5-8)10(11)12/h9-13H,4-8H2,1-3H3;2*4-7H,2-3H2,1H3,(H,11,12). The van der Waals surface area contributed by atoms with Gasteiger partial charge in [0.25, 0.3) is 0 Å². The second-order valence-electron chi connectivity index (χ2n) is 9.29. The van der Waals surface area contributed by atoms with Gasteiger partial charge >= 0.3 is 11.9 Å². The molecule has 208 valence electrons. The van der Waals surface area contributed by atoms with E-state index in [-0.39, 0.29) is 18.1 Å². The van der Waals surface area contributed by atoms with Crippen LogP contribution in [0.5, 0.6) is 0 Å². The maximum atomic E-state index is 10.5. The number of carbonyl (C=O) groups is 2. The summed E-state index contributed by atoms with van der Waals surface area (Å²) in [5.41, 5.74) is 3.11. The van der Waals surface area contributed by atoms with E-state index in [0.717, 1.165) is 57.8 Å². The topological polar surface area (TPSA) is 115 Å². The van der Waals surface area contributed by atoms with E-state index in [4.69, 9.17) is 10.2 Å². The zero-order valence-electron chi connectivity index (χ0n) is 23.3. The number of carboxylic acids is 2. The molecule has 2 aromatic carbocycles. The van der Waals surface area contributed by atoms with Crippen LogP contribution in [0.25, 0.3) is 0 Å². The number of carboxylic acid groups (broad SMARTS) is 2. The Morgan fingerprint density at radius 3 is 1.14 bits per heavy atom. The lowest BCUT2D eigenvalue weighted by molar-refractivity contribution is 0.00198. The lowest BCUT2D eigenvalue weighted by Crippen LogP contribution is -2.31. The van der Waals surface area contributed by atoms with Crippen molar-refractivity contribution in [3.8, 4) is 0 Å². The Morgan fingerprint density at radius 1 is 0.595 bits per heavy atom. The van der Waals surface area contributed by atoms with Gasteiger partial charge in [0.05, 0.1) is 23.3 Å². The Kier molecular flexibility index (Phi) is 18.9. The van der Waals surface area contributed by atoms with E-state index in [1.807, 2.05) is 31.2 Å². The quantitative estimate of drug-likeness (QED) is 0.228. The molecule has 0 aliphatic heterocycles. The molecule has 0 fully saturated rings. The van der Waals surface area contributed by atoms with E-state index in [1.54, 1.807) is 24.3 Å². The molecule has 0 spiro atoms. The fourth-order valence-corrected chi connectivity index (χ4v) is 4.03. The van der Waals surface area contributed by atoms with Crippen LogP contribution in [0.3, 0.4) is 0 Å². The first-order valence-corrected chi connectivity index (χ1v) is 13.6. The van der Waals surface area contributed by atoms with Crippen LogP contribution in [0, 0.1) is 5.92 Å². The minimum Gasteiger partial charge on any atom is -0.478 e. The van der Waals surface area contributed by atoms with Gasteiger partial charge in [-0.3, -0.25) is 0 Å². The van der Waals surface area contributed by atoms with Crippen molar-refractivity contribution in [2.24, 2.45) is 5.92 Å². The number of benzene rings is 2. The highest BCUT2D eigenvalue weighted by Crippen LogP contribution is 2.20. The molecule has 0 bridgehead atoms. The first-order chi connectivity index (χ1) is 17.6. The van der Waals surface area contributed by atoms with E-state index in [9.17, 15) is 19.8 Å². The third kappa shape index (κ3) is 14.6. The van der Waals surface area contributed by atoms with Gasteiger partial charge < -0.3 is 20.4 Å². The molecule has 0 aliphatic carbocycles. The summed E-state index contributed by atoms with van der Waals surface area (Å²) in [7, 11) is 0. The molecule has 0 radical (unpaired) electrons. The lowest BCUT2D eigenvalue weighted by Gasteiger charge is -2.26. The molecule has 2 aromatic rings. The number of hydrogen-bond donors (Lipinski definition) is 4. The molecular formula is C31H48O6. The predicted molar refractivity (Wildman–Crippen MR) is 150 cm³/mol. The van der Waals surface area contributed by atoms with Crippen LogP contribution >= 0.6 is 0 Å². The normalized spacial score (nSPS) is 12.7. The van der Waals surface area contributed by atoms with Crippen LogP contribution in [0.2, 0.25) is 0 Å². The van der Waals surface area contributed by atoms with Gasteiger partial charge in [0.2, 0.25) is 0 Å². The number of hydrogen-bond acceptors (Lipinski definition) is 4.